The maximum absolute atomic E-state index is 12.0. The molecule has 5 heteroatoms. The molecular formula is C19H29O5. The van der Waals surface area contributed by atoms with Crippen molar-refractivity contribution >= 4 is 5.97 Å². The van der Waals surface area contributed by atoms with E-state index in [1.54, 1.807) is 25.3 Å². The number of benzene rings is 1. The van der Waals surface area contributed by atoms with Crippen molar-refractivity contribution in [2.75, 3.05) is 20.8 Å². The number of methoxy groups -OCH3 is 2. The van der Waals surface area contributed by atoms with E-state index in [2.05, 4.69) is 6.92 Å². The van der Waals surface area contributed by atoms with E-state index < -0.39 is 5.97 Å². The van der Waals surface area contributed by atoms with Crippen molar-refractivity contribution in [1.29, 1.82) is 0 Å². The molecule has 0 aliphatic carbocycles. The van der Waals surface area contributed by atoms with Gasteiger partial charge >= 0.3 is 5.97 Å². The summed E-state index contributed by atoms with van der Waals surface area (Å²) in [6.07, 6.45) is 9.15. The van der Waals surface area contributed by atoms with Crippen LogP contribution in [-0.2, 0) is 9.78 Å². The van der Waals surface area contributed by atoms with Gasteiger partial charge in [0.15, 0.2) is 0 Å². The van der Waals surface area contributed by atoms with Crippen molar-refractivity contribution in [1.82, 2.24) is 0 Å². The maximum Gasteiger partial charge on any atom is 0.376 e. The monoisotopic (exact) mass is 337 g/mol. The molecule has 24 heavy (non-hydrogen) atoms. The molecule has 0 heterocycles. The van der Waals surface area contributed by atoms with Crippen LogP contribution in [0.5, 0.6) is 11.5 Å². The summed E-state index contributed by atoms with van der Waals surface area (Å²) >= 11 is 0. The van der Waals surface area contributed by atoms with Crippen molar-refractivity contribution in [3.63, 3.8) is 0 Å². The molecule has 5 nitrogen and oxygen atoms in total. The molecule has 1 aromatic rings. The van der Waals surface area contributed by atoms with E-state index in [1.807, 2.05) is 0 Å². The lowest BCUT2D eigenvalue weighted by Crippen LogP contribution is -2.08. The van der Waals surface area contributed by atoms with E-state index in [0.29, 0.717) is 23.7 Å². The average Bonchev–Trinajstić information content (AvgIpc) is 2.62. The number of ether oxygens (including phenoxy) is 2. The maximum atomic E-state index is 12.0. The van der Waals surface area contributed by atoms with Gasteiger partial charge in [-0.2, -0.15) is 4.89 Å². The van der Waals surface area contributed by atoms with Crippen LogP contribution in [0.25, 0.3) is 0 Å². The topological polar surface area (TPSA) is 54.0 Å². The van der Waals surface area contributed by atoms with Gasteiger partial charge in [-0.15, -0.1) is 0 Å². The molecule has 1 radical (unpaired) electrons. The number of carbonyl (C=O) groups excluding carboxylic acids is 1. The lowest BCUT2D eigenvalue weighted by molar-refractivity contribution is -0.241. The van der Waals surface area contributed by atoms with Crippen molar-refractivity contribution in [3.05, 3.63) is 30.7 Å². The number of unbranched alkanes of at least 4 members (excludes halogenated alkanes) is 7. The van der Waals surface area contributed by atoms with Crippen LogP contribution >= 0.6 is 0 Å². The zero-order chi connectivity index (χ0) is 17.6. The van der Waals surface area contributed by atoms with Crippen LogP contribution in [0.3, 0.4) is 0 Å². The standard InChI is InChI=1S/C19H29O5/c1-4-5-6-7-8-9-10-11-14-23-24-19(20)17-13-12-16(21-2)15-18(17)22-3/h12-13,15H,1,4-11,14H2,2-3H3. The minimum absolute atomic E-state index is 0.309. The fourth-order valence-electron chi connectivity index (χ4n) is 2.33. The van der Waals surface area contributed by atoms with Gasteiger partial charge in [-0.25, -0.2) is 4.79 Å². The van der Waals surface area contributed by atoms with Gasteiger partial charge in [0.1, 0.15) is 17.1 Å². The normalized spacial score (nSPS) is 10.5. The summed E-state index contributed by atoms with van der Waals surface area (Å²) in [4.78, 5) is 21.8. The Morgan fingerprint density at radius 2 is 1.62 bits per heavy atom. The minimum Gasteiger partial charge on any atom is -0.497 e. The number of hydrogen-bond acceptors (Lipinski definition) is 5. The van der Waals surface area contributed by atoms with Gasteiger partial charge in [-0.1, -0.05) is 51.9 Å². The van der Waals surface area contributed by atoms with Crippen LogP contribution in [0.2, 0.25) is 0 Å². The van der Waals surface area contributed by atoms with E-state index in [1.165, 1.54) is 39.2 Å². The molecule has 0 atom stereocenters. The Kier molecular flexibility index (Phi) is 10.7. The first-order valence-corrected chi connectivity index (χ1v) is 8.58. The van der Waals surface area contributed by atoms with Crippen molar-refractivity contribution in [2.24, 2.45) is 0 Å². The molecule has 0 spiro atoms. The van der Waals surface area contributed by atoms with Gasteiger partial charge in [-0.3, -0.25) is 4.89 Å². The van der Waals surface area contributed by atoms with Gasteiger partial charge in [0.2, 0.25) is 0 Å². The van der Waals surface area contributed by atoms with Crippen molar-refractivity contribution in [3.8, 4) is 11.5 Å². The summed E-state index contributed by atoms with van der Waals surface area (Å²) in [5.41, 5.74) is 0.309. The molecule has 0 saturated carbocycles. The summed E-state index contributed by atoms with van der Waals surface area (Å²) in [5, 5.41) is 0. The second kappa shape index (κ2) is 12.6. The molecule has 0 aromatic heterocycles. The predicted molar refractivity (Wildman–Crippen MR) is 93.2 cm³/mol. The third-order valence-electron chi connectivity index (χ3n) is 3.74. The predicted octanol–water partition coefficient (Wildman–Crippen LogP) is 4.75. The first-order chi connectivity index (χ1) is 11.7. The van der Waals surface area contributed by atoms with Gasteiger partial charge in [0.25, 0.3) is 0 Å². The van der Waals surface area contributed by atoms with Gasteiger partial charge in [0.05, 0.1) is 20.8 Å². The van der Waals surface area contributed by atoms with Crippen LogP contribution in [0.4, 0.5) is 0 Å². The van der Waals surface area contributed by atoms with E-state index in [9.17, 15) is 4.79 Å². The smallest absolute Gasteiger partial charge is 0.376 e. The van der Waals surface area contributed by atoms with Crippen LogP contribution < -0.4 is 9.47 Å². The zero-order valence-corrected chi connectivity index (χ0v) is 14.8. The molecule has 0 saturated heterocycles. The van der Waals surface area contributed by atoms with E-state index in [0.717, 1.165) is 19.3 Å². The Morgan fingerprint density at radius 3 is 2.25 bits per heavy atom. The summed E-state index contributed by atoms with van der Waals surface area (Å²) in [5.74, 6) is 0.437. The van der Waals surface area contributed by atoms with Crippen molar-refractivity contribution < 1.29 is 24.0 Å². The lowest BCUT2D eigenvalue weighted by atomic mass is 10.1. The van der Waals surface area contributed by atoms with Crippen molar-refractivity contribution in [2.45, 2.75) is 51.4 Å². The Hall–Kier alpha value is -1.75. The molecule has 0 N–H and O–H groups in total. The summed E-state index contributed by atoms with van der Waals surface area (Å²) in [7, 11) is 3.04. The molecule has 0 fully saturated rings. The highest BCUT2D eigenvalue weighted by Gasteiger charge is 2.15. The SMILES string of the molecule is [CH2]CCCCCCCCCOOC(=O)c1ccc(OC)cc1OC. The second-order valence-corrected chi connectivity index (χ2v) is 5.59. The molecule has 0 bridgehead atoms. The Bertz CT molecular complexity index is 473. The van der Waals surface area contributed by atoms with Gasteiger partial charge in [0, 0.05) is 6.07 Å². The number of rotatable bonds is 13. The largest absolute Gasteiger partial charge is 0.497 e. The van der Waals surface area contributed by atoms with Crippen LogP contribution in [0.15, 0.2) is 18.2 Å². The average molecular weight is 337 g/mol. The molecular weight excluding hydrogens is 308 g/mol. The molecule has 0 amide bonds. The summed E-state index contributed by atoms with van der Waals surface area (Å²) in [6, 6.07) is 4.90. The molecule has 1 rings (SSSR count). The third kappa shape index (κ3) is 7.68. The highest BCUT2D eigenvalue weighted by molar-refractivity contribution is 5.92. The van der Waals surface area contributed by atoms with Crippen LogP contribution in [0.1, 0.15) is 61.7 Å². The van der Waals surface area contributed by atoms with Crippen LogP contribution in [-0.4, -0.2) is 26.8 Å². The highest BCUT2D eigenvalue weighted by Crippen LogP contribution is 2.25. The number of carbonyl (C=O) groups is 1. The third-order valence-corrected chi connectivity index (χ3v) is 3.74. The fourth-order valence-corrected chi connectivity index (χ4v) is 2.33. The van der Waals surface area contributed by atoms with E-state index in [4.69, 9.17) is 19.2 Å². The van der Waals surface area contributed by atoms with E-state index in [-0.39, 0.29) is 0 Å². The Morgan fingerprint density at radius 1 is 0.958 bits per heavy atom. The van der Waals surface area contributed by atoms with Gasteiger partial charge in [-0.05, 0) is 18.6 Å². The molecule has 0 aliphatic heterocycles. The van der Waals surface area contributed by atoms with Crippen LogP contribution in [0, 0.1) is 6.92 Å². The quantitative estimate of drug-likeness (QED) is 0.295. The summed E-state index contributed by atoms with van der Waals surface area (Å²) < 4.78 is 10.3. The Labute approximate surface area is 145 Å². The molecule has 0 unspecified atom stereocenters. The number of hydrogen-bond donors (Lipinski definition) is 0. The molecule has 0 aliphatic rings. The second-order valence-electron chi connectivity index (χ2n) is 5.59. The molecule has 135 valence electrons. The lowest BCUT2D eigenvalue weighted by Gasteiger charge is -2.09. The fraction of sp³-hybridized carbons (Fsp3) is 0.579. The molecule has 1 aromatic carbocycles. The first-order valence-electron chi connectivity index (χ1n) is 8.58. The minimum atomic E-state index is -0.567. The summed E-state index contributed by atoms with van der Waals surface area (Å²) in [6.45, 7) is 4.24. The highest BCUT2D eigenvalue weighted by atomic mass is 17.2. The van der Waals surface area contributed by atoms with E-state index >= 15 is 0 Å². The zero-order valence-electron chi connectivity index (χ0n) is 14.8. The Balaban J connectivity index is 2.18. The first kappa shape index (κ1) is 20.3. The van der Waals surface area contributed by atoms with Gasteiger partial charge < -0.3 is 9.47 Å².